The van der Waals surface area contributed by atoms with Crippen LogP contribution in [0.1, 0.15) is 73.9 Å². The number of hydrogen-bond acceptors (Lipinski definition) is 2. The Morgan fingerprint density at radius 1 is 0.451 bits per heavy atom. The topological polar surface area (TPSA) is 6.48 Å². The van der Waals surface area contributed by atoms with Crippen LogP contribution in [0.2, 0.25) is 0 Å². The zero-order valence-electron chi connectivity index (χ0n) is 31.3. The molecule has 4 heteroatoms. The van der Waals surface area contributed by atoms with E-state index in [-0.39, 0.29) is 5.41 Å². The Bertz CT molecular complexity index is 2090. The first-order valence-corrected chi connectivity index (χ1v) is 19.3. The van der Waals surface area contributed by atoms with E-state index in [1.54, 1.807) is 0 Å². The van der Waals surface area contributed by atoms with Gasteiger partial charge in [-0.3, -0.25) is 0 Å². The van der Waals surface area contributed by atoms with Crippen molar-refractivity contribution in [1.82, 2.24) is 0 Å². The Morgan fingerprint density at radius 3 is 1.04 bits per heavy atom. The summed E-state index contributed by atoms with van der Waals surface area (Å²) in [6, 6.07) is 44.6. The van der Waals surface area contributed by atoms with Gasteiger partial charge in [0.2, 0.25) is 0 Å². The zero-order chi connectivity index (χ0) is 36.6. The Balaban J connectivity index is 1.38. The van der Waals surface area contributed by atoms with Crippen molar-refractivity contribution in [3.8, 4) is 11.1 Å². The Hall–Kier alpha value is -4.12. The van der Waals surface area contributed by atoms with E-state index in [9.17, 15) is 0 Å². The number of benzene rings is 6. The molecule has 0 saturated carbocycles. The molecule has 0 amide bonds. The molecule has 0 aromatic heterocycles. The number of aryl methyl sites for hydroxylation is 4. The number of rotatable bonds is 8. The Morgan fingerprint density at radius 2 is 0.745 bits per heavy atom. The lowest BCUT2D eigenvalue weighted by atomic mass is 9.84. The molecule has 0 unspecified atom stereocenters. The minimum atomic E-state index is 0.0824. The number of halogens is 2. The molecule has 0 bridgehead atoms. The monoisotopic (exact) mass is 798 g/mol. The second kappa shape index (κ2) is 14.9. The second-order valence-corrected chi connectivity index (χ2v) is 16.9. The Kier molecular flexibility index (Phi) is 10.7. The van der Waals surface area contributed by atoms with Gasteiger partial charge in [-0.1, -0.05) is 115 Å². The summed E-state index contributed by atoms with van der Waals surface area (Å²) >= 11 is 7.27. The van der Waals surface area contributed by atoms with E-state index in [1.807, 2.05) is 0 Å². The summed E-state index contributed by atoms with van der Waals surface area (Å²) < 4.78 is 2.14. The van der Waals surface area contributed by atoms with Gasteiger partial charge >= 0.3 is 0 Å². The summed E-state index contributed by atoms with van der Waals surface area (Å²) in [4.78, 5) is 4.78. The van der Waals surface area contributed by atoms with Crippen LogP contribution < -0.4 is 9.80 Å². The standard InChI is InChI=1S/C47H48Br2N2/c1-30(2)37-26-31(3)45(32(4)27-37)50(43-22-14-39(48)15-23-43)41-18-10-35(11-19-41)36-12-20-42(21-13-36)51(44-24-16-40(49)17-25-44)46-33(5)28-38(29-34(46)6)47(7,8)9/h10-30H,1-9H3. The summed E-state index contributed by atoms with van der Waals surface area (Å²) in [6.07, 6.45) is 0. The first-order chi connectivity index (χ1) is 24.2. The van der Waals surface area contributed by atoms with Crippen molar-refractivity contribution in [3.05, 3.63) is 164 Å². The van der Waals surface area contributed by atoms with Gasteiger partial charge in [0.05, 0.1) is 11.4 Å². The van der Waals surface area contributed by atoms with E-state index < -0.39 is 0 Å². The predicted molar refractivity (Wildman–Crippen MR) is 228 cm³/mol. The zero-order valence-corrected chi connectivity index (χ0v) is 34.4. The maximum atomic E-state index is 3.64. The van der Waals surface area contributed by atoms with Crippen LogP contribution in [-0.4, -0.2) is 0 Å². The Labute approximate surface area is 322 Å². The molecule has 260 valence electrons. The fourth-order valence-corrected chi connectivity index (χ4v) is 7.55. The fraction of sp³-hybridized carbons (Fsp3) is 0.234. The SMILES string of the molecule is Cc1cc(C(C)C)cc(C)c1N(c1ccc(Br)cc1)c1ccc(-c2ccc(N(c3ccc(Br)cc3)c3c(C)cc(C(C)(C)C)cc3C)cc2)cc1. The van der Waals surface area contributed by atoms with Crippen LogP contribution in [0.5, 0.6) is 0 Å². The van der Waals surface area contributed by atoms with E-state index >= 15 is 0 Å². The molecule has 2 nitrogen and oxygen atoms in total. The van der Waals surface area contributed by atoms with E-state index in [1.165, 1.54) is 55.9 Å². The number of anilines is 6. The van der Waals surface area contributed by atoms with E-state index in [2.05, 4.69) is 225 Å². The lowest BCUT2D eigenvalue weighted by molar-refractivity contribution is 0.589. The normalized spacial score (nSPS) is 11.6. The quantitative estimate of drug-likeness (QED) is 0.151. The van der Waals surface area contributed by atoms with Gasteiger partial charge < -0.3 is 9.80 Å². The molecule has 6 rings (SSSR count). The van der Waals surface area contributed by atoms with Crippen LogP contribution in [0.4, 0.5) is 34.1 Å². The van der Waals surface area contributed by atoms with Gasteiger partial charge in [-0.2, -0.15) is 0 Å². The molecule has 0 radical (unpaired) electrons. The molecule has 6 aromatic rings. The predicted octanol–water partition coefficient (Wildman–Crippen LogP) is 15.5. The summed E-state index contributed by atoms with van der Waals surface area (Å²) in [6.45, 7) is 20.3. The van der Waals surface area contributed by atoms with Crippen LogP contribution in [0.15, 0.2) is 130 Å². The average molecular weight is 801 g/mol. The van der Waals surface area contributed by atoms with E-state index in [0.29, 0.717) is 5.92 Å². The summed E-state index contributed by atoms with van der Waals surface area (Å²) in [7, 11) is 0. The third kappa shape index (κ3) is 7.88. The molecule has 0 fully saturated rings. The highest BCUT2D eigenvalue weighted by atomic mass is 79.9. The minimum Gasteiger partial charge on any atom is -0.310 e. The van der Waals surface area contributed by atoms with Crippen molar-refractivity contribution in [3.63, 3.8) is 0 Å². The summed E-state index contributed by atoms with van der Waals surface area (Å²) in [5, 5.41) is 0. The maximum absolute atomic E-state index is 3.64. The van der Waals surface area contributed by atoms with Crippen LogP contribution in [-0.2, 0) is 5.41 Å². The molecule has 0 spiro atoms. The maximum Gasteiger partial charge on any atom is 0.0520 e. The smallest absolute Gasteiger partial charge is 0.0520 e. The molecule has 0 saturated heterocycles. The van der Waals surface area contributed by atoms with Gasteiger partial charge in [-0.05, 0) is 156 Å². The van der Waals surface area contributed by atoms with Gasteiger partial charge in [0.25, 0.3) is 0 Å². The van der Waals surface area contributed by atoms with Gasteiger partial charge in [0.1, 0.15) is 0 Å². The fourth-order valence-electron chi connectivity index (χ4n) is 7.02. The molecule has 0 aliphatic heterocycles. The molecule has 0 N–H and O–H groups in total. The lowest BCUT2D eigenvalue weighted by Crippen LogP contribution is -2.16. The molecule has 0 aliphatic rings. The third-order valence-corrected chi connectivity index (χ3v) is 10.8. The molecular weight excluding hydrogens is 752 g/mol. The van der Waals surface area contributed by atoms with E-state index in [0.717, 1.165) is 31.7 Å². The highest BCUT2D eigenvalue weighted by Crippen LogP contribution is 2.43. The van der Waals surface area contributed by atoms with Crippen molar-refractivity contribution in [2.45, 2.75) is 73.6 Å². The molecule has 51 heavy (non-hydrogen) atoms. The first-order valence-electron chi connectivity index (χ1n) is 17.8. The van der Waals surface area contributed by atoms with E-state index in [4.69, 9.17) is 0 Å². The highest BCUT2D eigenvalue weighted by molar-refractivity contribution is 9.10. The molecule has 6 aromatic carbocycles. The van der Waals surface area contributed by atoms with Gasteiger partial charge in [0.15, 0.2) is 0 Å². The number of nitrogens with zero attached hydrogens (tertiary/aromatic N) is 2. The van der Waals surface area contributed by atoms with Crippen LogP contribution >= 0.6 is 31.9 Å². The van der Waals surface area contributed by atoms with Crippen molar-refractivity contribution in [2.24, 2.45) is 0 Å². The molecule has 0 aliphatic carbocycles. The van der Waals surface area contributed by atoms with Gasteiger partial charge in [0, 0.05) is 31.7 Å². The molecule has 0 atom stereocenters. The van der Waals surface area contributed by atoms with Crippen molar-refractivity contribution < 1.29 is 0 Å². The highest BCUT2D eigenvalue weighted by Gasteiger charge is 2.22. The van der Waals surface area contributed by atoms with Crippen LogP contribution in [0.25, 0.3) is 11.1 Å². The lowest BCUT2D eigenvalue weighted by Gasteiger charge is -2.31. The second-order valence-electron chi connectivity index (χ2n) is 15.1. The van der Waals surface area contributed by atoms with Gasteiger partial charge in [-0.25, -0.2) is 0 Å². The number of hydrogen-bond donors (Lipinski definition) is 0. The van der Waals surface area contributed by atoms with Gasteiger partial charge in [-0.15, -0.1) is 0 Å². The summed E-state index contributed by atoms with van der Waals surface area (Å²) in [5.41, 5.74) is 17.2. The first kappa shape index (κ1) is 36.7. The van der Waals surface area contributed by atoms with Crippen LogP contribution in [0, 0.1) is 27.7 Å². The molecular formula is C47H48Br2N2. The molecule has 0 heterocycles. The van der Waals surface area contributed by atoms with Crippen molar-refractivity contribution in [2.75, 3.05) is 9.80 Å². The largest absolute Gasteiger partial charge is 0.310 e. The van der Waals surface area contributed by atoms with Crippen molar-refractivity contribution >= 4 is 66.0 Å². The van der Waals surface area contributed by atoms with Crippen molar-refractivity contribution in [1.29, 1.82) is 0 Å². The average Bonchev–Trinajstić information content (AvgIpc) is 3.09. The van der Waals surface area contributed by atoms with Crippen LogP contribution in [0.3, 0.4) is 0 Å². The minimum absolute atomic E-state index is 0.0824. The third-order valence-electron chi connectivity index (χ3n) is 9.74. The summed E-state index contributed by atoms with van der Waals surface area (Å²) in [5.74, 6) is 0.479.